The van der Waals surface area contributed by atoms with Crippen LogP contribution in [0, 0.1) is 0 Å². The van der Waals surface area contributed by atoms with E-state index in [1.807, 2.05) is 55.7 Å². The molecule has 0 fully saturated rings. The summed E-state index contributed by atoms with van der Waals surface area (Å²) in [7, 11) is 0. The first-order chi connectivity index (χ1) is 11.3. The third kappa shape index (κ3) is 3.65. The summed E-state index contributed by atoms with van der Waals surface area (Å²) in [6, 6.07) is 11.6. The van der Waals surface area contributed by atoms with Crippen LogP contribution in [0.2, 0.25) is 0 Å². The Balaban J connectivity index is 1.62. The van der Waals surface area contributed by atoms with E-state index in [0.717, 1.165) is 15.4 Å². The minimum atomic E-state index is -0.272. The quantitative estimate of drug-likeness (QED) is 0.756. The molecule has 0 saturated carbocycles. The van der Waals surface area contributed by atoms with Crippen molar-refractivity contribution in [2.24, 2.45) is 0 Å². The largest absolute Gasteiger partial charge is 0.349 e. The number of carbonyl (C=O) groups excluding carboxylic acids is 1. The van der Waals surface area contributed by atoms with Crippen LogP contribution in [0.3, 0.4) is 0 Å². The monoisotopic (exact) mass is 326 g/mol. The van der Waals surface area contributed by atoms with E-state index in [9.17, 15) is 4.79 Å². The maximum absolute atomic E-state index is 12.3. The number of rotatable bonds is 6. The van der Waals surface area contributed by atoms with Crippen LogP contribution >= 0.6 is 11.3 Å². The van der Waals surface area contributed by atoms with E-state index in [1.165, 1.54) is 0 Å². The van der Waals surface area contributed by atoms with Gasteiger partial charge in [0.1, 0.15) is 11.0 Å². The zero-order valence-corrected chi connectivity index (χ0v) is 13.7. The molecular weight excluding hydrogens is 308 g/mol. The van der Waals surface area contributed by atoms with E-state index in [1.54, 1.807) is 22.2 Å². The molecule has 1 aromatic carbocycles. The predicted octanol–water partition coefficient (Wildman–Crippen LogP) is 3.27. The Kier molecular flexibility index (Phi) is 4.83. The molecule has 3 rings (SSSR count). The first-order valence-corrected chi connectivity index (χ1v) is 8.36. The van der Waals surface area contributed by atoms with Gasteiger partial charge >= 0.3 is 0 Å². The van der Waals surface area contributed by atoms with Crippen molar-refractivity contribution in [3.8, 4) is 10.6 Å². The second-order valence-electron chi connectivity index (χ2n) is 5.13. The molecule has 23 heavy (non-hydrogen) atoms. The molecule has 2 heterocycles. The molecule has 118 valence electrons. The summed E-state index contributed by atoms with van der Waals surface area (Å²) in [4.78, 5) is 17.8. The van der Waals surface area contributed by atoms with Gasteiger partial charge in [0.25, 0.3) is 0 Å². The second-order valence-corrected chi connectivity index (χ2v) is 6.24. The summed E-state index contributed by atoms with van der Waals surface area (Å²) >= 11 is 1.60. The van der Waals surface area contributed by atoms with Crippen molar-refractivity contribution in [1.82, 2.24) is 20.1 Å². The lowest BCUT2D eigenvalue weighted by Crippen LogP contribution is -2.31. The number of hydrogen-bond acceptors (Lipinski definition) is 4. The summed E-state index contributed by atoms with van der Waals surface area (Å²) in [5, 5.41) is 8.09. The van der Waals surface area contributed by atoms with Gasteiger partial charge in [0.05, 0.1) is 6.54 Å². The predicted molar refractivity (Wildman–Crippen MR) is 91.0 cm³/mol. The molecule has 3 aromatic rings. The van der Waals surface area contributed by atoms with Crippen LogP contribution in [0.15, 0.2) is 55.0 Å². The Hall–Kier alpha value is -2.47. The van der Waals surface area contributed by atoms with Crippen LogP contribution < -0.4 is 5.32 Å². The van der Waals surface area contributed by atoms with Gasteiger partial charge in [-0.25, -0.2) is 4.98 Å². The fourth-order valence-corrected chi connectivity index (χ4v) is 3.21. The molecule has 6 heteroatoms. The van der Waals surface area contributed by atoms with Crippen LogP contribution in [-0.2, 0) is 11.3 Å². The van der Waals surface area contributed by atoms with E-state index in [2.05, 4.69) is 15.4 Å². The highest BCUT2D eigenvalue weighted by atomic mass is 32.1. The molecule has 0 unspecified atom stereocenters. The van der Waals surface area contributed by atoms with Crippen molar-refractivity contribution >= 4 is 17.2 Å². The van der Waals surface area contributed by atoms with Gasteiger partial charge in [-0.15, -0.1) is 11.3 Å². The molecule has 0 radical (unpaired) electrons. The van der Waals surface area contributed by atoms with Crippen LogP contribution in [0.5, 0.6) is 0 Å². The number of hydrogen-bond donors (Lipinski definition) is 1. The van der Waals surface area contributed by atoms with Gasteiger partial charge in [-0.1, -0.05) is 37.3 Å². The molecule has 1 N–H and O–H groups in total. The molecule has 0 aliphatic heterocycles. The first kappa shape index (κ1) is 15.4. The van der Waals surface area contributed by atoms with Crippen molar-refractivity contribution < 1.29 is 4.79 Å². The molecule has 0 aliphatic rings. The van der Waals surface area contributed by atoms with E-state index in [0.29, 0.717) is 13.0 Å². The van der Waals surface area contributed by atoms with Gasteiger partial charge in [0.2, 0.25) is 5.91 Å². The minimum Gasteiger partial charge on any atom is -0.349 e. The third-order valence-electron chi connectivity index (χ3n) is 3.54. The number of carbonyl (C=O) groups is 1. The topological polar surface area (TPSA) is 59.8 Å². The molecule has 0 aliphatic carbocycles. The average Bonchev–Trinajstić information content (AvgIpc) is 3.26. The average molecular weight is 326 g/mol. The van der Waals surface area contributed by atoms with Crippen molar-refractivity contribution in [1.29, 1.82) is 0 Å². The van der Waals surface area contributed by atoms with Crippen molar-refractivity contribution in [2.45, 2.75) is 25.9 Å². The summed E-state index contributed by atoms with van der Waals surface area (Å²) in [6.45, 7) is 2.47. The van der Waals surface area contributed by atoms with E-state index in [4.69, 9.17) is 0 Å². The lowest BCUT2D eigenvalue weighted by molar-refractivity contribution is -0.124. The Labute approximate surface area is 139 Å². The summed E-state index contributed by atoms with van der Waals surface area (Å²) in [6.07, 6.45) is 6.02. The van der Waals surface area contributed by atoms with E-state index >= 15 is 0 Å². The SMILES string of the molecule is CC[C@H](C(=O)NCc1cnc(-c2ccccc2)s1)n1cccn1. The summed E-state index contributed by atoms with van der Waals surface area (Å²) < 4.78 is 1.69. The highest BCUT2D eigenvalue weighted by Gasteiger charge is 2.18. The fraction of sp³-hybridized carbons (Fsp3) is 0.235. The lowest BCUT2D eigenvalue weighted by atomic mass is 10.2. The summed E-state index contributed by atoms with van der Waals surface area (Å²) in [5.41, 5.74) is 1.10. The Morgan fingerprint density at radius 3 is 2.83 bits per heavy atom. The van der Waals surface area contributed by atoms with E-state index < -0.39 is 0 Å². The molecule has 5 nitrogen and oxygen atoms in total. The number of aromatic nitrogens is 3. The minimum absolute atomic E-state index is 0.0224. The van der Waals surface area contributed by atoms with Crippen molar-refractivity contribution in [3.63, 3.8) is 0 Å². The molecule has 0 spiro atoms. The standard InChI is InChI=1S/C17H18N4OS/c1-2-15(21-10-6-9-20-21)16(22)18-11-14-12-19-17(23-14)13-7-4-3-5-8-13/h3-10,12,15H,2,11H2,1H3,(H,18,22)/t15-/m1/s1. The fourth-order valence-electron chi connectivity index (χ4n) is 2.35. The van der Waals surface area contributed by atoms with Gasteiger partial charge in [0, 0.05) is 29.0 Å². The van der Waals surface area contributed by atoms with Crippen LogP contribution in [-0.4, -0.2) is 20.7 Å². The number of nitrogens with one attached hydrogen (secondary N) is 1. The number of nitrogens with zero attached hydrogens (tertiary/aromatic N) is 3. The van der Waals surface area contributed by atoms with Gasteiger partial charge < -0.3 is 5.32 Å². The lowest BCUT2D eigenvalue weighted by Gasteiger charge is -2.14. The summed E-state index contributed by atoms with van der Waals surface area (Å²) in [5.74, 6) is -0.0224. The molecule has 2 aromatic heterocycles. The zero-order valence-electron chi connectivity index (χ0n) is 12.8. The maximum atomic E-state index is 12.3. The maximum Gasteiger partial charge on any atom is 0.245 e. The Morgan fingerprint density at radius 1 is 1.30 bits per heavy atom. The first-order valence-electron chi connectivity index (χ1n) is 7.55. The van der Waals surface area contributed by atoms with Gasteiger partial charge in [-0.3, -0.25) is 9.48 Å². The molecule has 0 bridgehead atoms. The molecule has 0 saturated heterocycles. The van der Waals surface area contributed by atoms with E-state index in [-0.39, 0.29) is 11.9 Å². The third-order valence-corrected chi connectivity index (χ3v) is 4.59. The van der Waals surface area contributed by atoms with Gasteiger partial charge in [-0.05, 0) is 12.5 Å². The van der Waals surface area contributed by atoms with Crippen molar-refractivity contribution in [3.05, 3.63) is 59.9 Å². The second kappa shape index (κ2) is 7.19. The zero-order chi connectivity index (χ0) is 16.1. The molecular formula is C17H18N4OS. The Morgan fingerprint density at radius 2 is 2.13 bits per heavy atom. The van der Waals surface area contributed by atoms with Gasteiger partial charge in [-0.2, -0.15) is 5.10 Å². The smallest absolute Gasteiger partial charge is 0.245 e. The van der Waals surface area contributed by atoms with Crippen LogP contribution in [0.25, 0.3) is 10.6 Å². The van der Waals surface area contributed by atoms with Crippen molar-refractivity contribution in [2.75, 3.05) is 0 Å². The normalized spacial score (nSPS) is 12.0. The van der Waals surface area contributed by atoms with Gasteiger partial charge in [0.15, 0.2) is 0 Å². The highest BCUT2D eigenvalue weighted by Crippen LogP contribution is 2.24. The molecule has 1 amide bonds. The van der Waals surface area contributed by atoms with Crippen LogP contribution in [0.4, 0.5) is 0 Å². The van der Waals surface area contributed by atoms with Crippen LogP contribution in [0.1, 0.15) is 24.3 Å². The number of amides is 1. The molecule has 1 atom stereocenters. The number of thiazole rings is 1. The number of benzene rings is 1. The Bertz CT molecular complexity index is 752. The highest BCUT2D eigenvalue weighted by molar-refractivity contribution is 7.15.